The largest absolute Gasteiger partial charge is 0.467 e. The van der Waals surface area contributed by atoms with Crippen molar-refractivity contribution >= 4 is 23.3 Å². The van der Waals surface area contributed by atoms with Crippen LogP contribution in [0.2, 0.25) is 0 Å². The Balaban J connectivity index is 1.28. The molecule has 0 unspecified atom stereocenters. The summed E-state index contributed by atoms with van der Waals surface area (Å²) in [5, 5.41) is 8.38. The standard InChI is InChI=1S/C19H23N3O4/c23-18(14-4-5-14)21-15-6-8-16(9-7-15)22-19(24)20-10-2-11-25-13-17-3-1-12-26-17/h1,3,6-9,12,14H,2,4-5,10-11,13H2,(H,21,23)(H2,20,22,24). The molecule has 7 nitrogen and oxygen atoms in total. The predicted octanol–water partition coefficient (Wildman–Crippen LogP) is 3.36. The summed E-state index contributed by atoms with van der Waals surface area (Å²) in [7, 11) is 0. The molecule has 2 aromatic rings. The van der Waals surface area contributed by atoms with Crippen molar-refractivity contribution in [3.05, 3.63) is 48.4 Å². The van der Waals surface area contributed by atoms with Gasteiger partial charge >= 0.3 is 6.03 Å². The van der Waals surface area contributed by atoms with E-state index in [0.29, 0.717) is 31.9 Å². The van der Waals surface area contributed by atoms with Gasteiger partial charge in [-0.3, -0.25) is 4.79 Å². The van der Waals surface area contributed by atoms with Gasteiger partial charge in [-0.1, -0.05) is 0 Å². The lowest BCUT2D eigenvalue weighted by Gasteiger charge is -2.09. The van der Waals surface area contributed by atoms with Gasteiger partial charge in [0, 0.05) is 30.4 Å². The first kappa shape index (κ1) is 18.0. The molecule has 138 valence electrons. The number of ether oxygens (including phenoxy) is 1. The second-order valence-electron chi connectivity index (χ2n) is 6.21. The molecule has 0 aliphatic heterocycles. The Morgan fingerprint density at radius 2 is 1.81 bits per heavy atom. The lowest BCUT2D eigenvalue weighted by molar-refractivity contribution is -0.117. The molecule has 1 aromatic heterocycles. The van der Waals surface area contributed by atoms with Crippen molar-refractivity contribution in [3.63, 3.8) is 0 Å². The molecule has 0 spiro atoms. The second kappa shape index (κ2) is 9.05. The van der Waals surface area contributed by atoms with Crippen LogP contribution in [0.25, 0.3) is 0 Å². The van der Waals surface area contributed by atoms with Crippen molar-refractivity contribution in [1.29, 1.82) is 0 Å². The average molecular weight is 357 g/mol. The lowest BCUT2D eigenvalue weighted by Crippen LogP contribution is -2.30. The van der Waals surface area contributed by atoms with Crippen molar-refractivity contribution in [2.75, 3.05) is 23.8 Å². The zero-order chi connectivity index (χ0) is 18.2. The SMILES string of the molecule is O=C(NCCCOCc1ccco1)Nc1ccc(NC(=O)C2CC2)cc1. The molecule has 1 heterocycles. The average Bonchev–Trinajstić information content (AvgIpc) is 3.37. The topological polar surface area (TPSA) is 92.6 Å². The van der Waals surface area contributed by atoms with Gasteiger partial charge in [-0.15, -0.1) is 0 Å². The van der Waals surface area contributed by atoms with E-state index >= 15 is 0 Å². The Bertz CT molecular complexity index is 709. The molecule has 0 atom stereocenters. The highest BCUT2D eigenvalue weighted by molar-refractivity contribution is 5.94. The number of carbonyl (C=O) groups is 2. The normalized spacial score (nSPS) is 13.2. The third kappa shape index (κ3) is 5.93. The van der Waals surface area contributed by atoms with Gasteiger partial charge in [-0.2, -0.15) is 0 Å². The van der Waals surface area contributed by atoms with Gasteiger partial charge < -0.3 is 25.1 Å². The number of carbonyl (C=O) groups excluding carboxylic acids is 2. The fraction of sp³-hybridized carbons (Fsp3) is 0.368. The van der Waals surface area contributed by atoms with Crippen molar-refractivity contribution in [2.24, 2.45) is 5.92 Å². The van der Waals surface area contributed by atoms with Crippen LogP contribution < -0.4 is 16.0 Å². The maximum atomic E-state index is 11.8. The van der Waals surface area contributed by atoms with Crippen LogP contribution in [-0.2, 0) is 16.1 Å². The molecule has 1 saturated carbocycles. The fourth-order valence-electron chi connectivity index (χ4n) is 2.35. The molecule has 3 N–H and O–H groups in total. The molecular weight excluding hydrogens is 334 g/mol. The maximum Gasteiger partial charge on any atom is 0.319 e. The molecule has 0 saturated heterocycles. The van der Waals surface area contributed by atoms with Gasteiger partial charge in [0.05, 0.1) is 6.26 Å². The molecule has 1 aliphatic rings. The van der Waals surface area contributed by atoms with Crippen LogP contribution in [0.15, 0.2) is 47.1 Å². The molecule has 0 bridgehead atoms. The first-order valence-electron chi connectivity index (χ1n) is 8.76. The van der Waals surface area contributed by atoms with Crippen molar-refractivity contribution in [2.45, 2.75) is 25.9 Å². The summed E-state index contributed by atoms with van der Waals surface area (Å²) in [4.78, 5) is 23.5. The predicted molar refractivity (Wildman–Crippen MR) is 97.8 cm³/mol. The number of nitrogens with one attached hydrogen (secondary N) is 3. The molecule has 7 heteroatoms. The number of amides is 3. The summed E-state index contributed by atoms with van der Waals surface area (Å²) in [6, 6.07) is 10.5. The minimum atomic E-state index is -0.272. The molecule has 3 rings (SSSR count). The second-order valence-corrected chi connectivity index (χ2v) is 6.21. The van der Waals surface area contributed by atoms with Gasteiger partial charge in [0.15, 0.2) is 0 Å². The minimum absolute atomic E-state index is 0.0673. The minimum Gasteiger partial charge on any atom is -0.467 e. The van der Waals surface area contributed by atoms with E-state index in [1.807, 2.05) is 12.1 Å². The highest BCUT2D eigenvalue weighted by atomic mass is 16.5. The lowest BCUT2D eigenvalue weighted by atomic mass is 10.2. The smallest absolute Gasteiger partial charge is 0.319 e. The summed E-state index contributed by atoms with van der Waals surface area (Å²) in [6.45, 7) is 1.48. The van der Waals surface area contributed by atoms with Crippen LogP contribution in [0.5, 0.6) is 0 Å². The Kier molecular flexibility index (Phi) is 6.27. The van der Waals surface area contributed by atoms with Gasteiger partial charge in [0.1, 0.15) is 12.4 Å². The molecule has 3 amide bonds. The van der Waals surface area contributed by atoms with Crippen LogP contribution in [-0.4, -0.2) is 25.1 Å². The monoisotopic (exact) mass is 357 g/mol. The fourth-order valence-corrected chi connectivity index (χ4v) is 2.35. The molecule has 1 aromatic carbocycles. The Morgan fingerprint density at radius 1 is 1.08 bits per heavy atom. The van der Waals surface area contributed by atoms with Crippen LogP contribution in [0.4, 0.5) is 16.2 Å². The van der Waals surface area contributed by atoms with E-state index < -0.39 is 0 Å². The molecular formula is C19H23N3O4. The Morgan fingerprint density at radius 3 is 2.46 bits per heavy atom. The van der Waals surface area contributed by atoms with Crippen LogP contribution in [0.3, 0.4) is 0 Å². The number of benzene rings is 1. The van der Waals surface area contributed by atoms with Crippen molar-refractivity contribution in [1.82, 2.24) is 5.32 Å². The molecule has 0 radical (unpaired) electrons. The van der Waals surface area contributed by atoms with Crippen LogP contribution in [0.1, 0.15) is 25.0 Å². The van der Waals surface area contributed by atoms with Crippen molar-refractivity contribution < 1.29 is 18.7 Å². The van der Waals surface area contributed by atoms with Crippen LogP contribution >= 0.6 is 0 Å². The first-order chi connectivity index (χ1) is 12.7. The zero-order valence-corrected chi connectivity index (χ0v) is 14.5. The van der Waals surface area contributed by atoms with Gasteiger partial charge in [-0.05, 0) is 55.7 Å². The number of hydrogen-bond donors (Lipinski definition) is 3. The van der Waals surface area contributed by atoms with Crippen molar-refractivity contribution in [3.8, 4) is 0 Å². The third-order valence-corrected chi connectivity index (χ3v) is 3.93. The van der Waals surface area contributed by atoms with Gasteiger partial charge in [-0.25, -0.2) is 4.79 Å². The molecule has 1 aliphatic carbocycles. The van der Waals surface area contributed by atoms with E-state index in [-0.39, 0.29) is 17.9 Å². The first-order valence-corrected chi connectivity index (χ1v) is 8.76. The summed E-state index contributed by atoms with van der Waals surface area (Å²) in [5.41, 5.74) is 1.41. The quantitative estimate of drug-likeness (QED) is 0.600. The summed E-state index contributed by atoms with van der Waals surface area (Å²) in [6.07, 6.45) is 4.26. The number of furan rings is 1. The highest BCUT2D eigenvalue weighted by Crippen LogP contribution is 2.30. The summed E-state index contributed by atoms with van der Waals surface area (Å²) >= 11 is 0. The highest BCUT2D eigenvalue weighted by Gasteiger charge is 2.29. The van der Waals surface area contributed by atoms with E-state index in [1.54, 1.807) is 30.5 Å². The van der Waals surface area contributed by atoms with Gasteiger partial charge in [0.25, 0.3) is 0 Å². The third-order valence-electron chi connectivity index (χ3n) is 3.93. The molecule has 1 fully saturated rings. The van der Waals surface area contributed by atoms with E-state index in [9.17, 15) is 9.59 Å². The van der Waals surface area contributed by atoms with E-state index in [0.717, 1.165) is 24.3 Å². The number of hydrogen-bond acceptors (Lipinski definition) is 4. The number of rotatable bonds is 9. The Hall–Kier alpha value is -2.80. The molecule has 26 heavy (non-hydrogen) atoms. The Labute approximate surface area is 152 Å². The van der Waals surface area contributed by atoms with Crippen LogP contribution in [0, 0.1) is 5.92 Å². The van der Waals surface area contributed by atoms with E-state index in [1.165, 1.54) is 0 Å². The van der Waals surface area contributed by atoms with E-state index in [2.05, 4.69) is 16.0 Å². The van der Waals surface area contributed by atoms with Gasteiger partial charge in [0.2, 0.25) is 5.91 Å². The van der Waals surface area contributed by atoms with E-state index in [4.69, 9.17) is 9.15 Å². The number of anilines is 2. The number of urea groups is 1. The summed E-state index contributed by atoms with van der Waals surface area (Å²) in [5.74, 6) is 1.02. The summed E-state index contributed by atoms with van der Waals surface area (Å²) < 4.78 is 10.6. The zero-order valence-electron chi connectivity index (χ0n) is 14.5. The maximum absolute atomic E-state index is 11.8.